The highest BCUT2D eigenvalue weighted by Gasteiger charge is 2.13. The lowest BCUT2D eigenvalue weighted by Crippen LogP contribution is -2.15. The van der Waals surface area contributed by atoms with Gasteiger partial charge in [0.25, 0.3) is 5.91 Å². The fourth-order valence-corrected chi connectivity index (χ4v) is 1.38. The molecule has 0 aliphatic heterocycles. The monoisotopic (exact) mass is 249 g/mol. The molecule has 1 aromatic heterocycles. The van der Waals surface area contributed by atoms with Gasteiger partial charge >= 0.3 is 0 Å². The third kappa shape index (κ3) is 2.42. The fraction of sp³-hybridized carbons (Fsp3) is 0. The van der Waals surface area contributed by atoms with Crippen molar-refractivity contribution in [1.82, 2.24) is 4.98 Å². The van der Waals surface area contributed by atoms with Gasteiger partial charge in [-0.05, 0) is 24.3 Å². The van der Waals surface area contributed by atoms with Gasteiger partial charge < -0.3 is 11.1 Å². The summed E-state index contributed by atoms with van der Waals surface area (Å²) in [5.41, 5.74) is 5.72. The number of amides is 1. The molecule has 0 spiro atoms. The van der Waals surface area contributed by atoms with E-state index in [0.29, 0.717) is 5.69 Å². The Morgan fingerprint density at radius 1 is 1.28 bits per heavy atom. The first-order chi connectivity index (χ1) is 8.58. The van der Waals surface area contributed by atoms with Crippen LogP contribution in [0, 0.1) is 11.6 Å². The molecule has 1 heterocycles. The molecular formula is C12H9F2N3O. The molecule has 0 fully saturated rings. The van der Waals surface area contributed by atoms with Crippen LogP contribution in [0.25, 0.3) is 0 Å². The summed E-state index contributed by atoms with van der Waals surface area (Å²) in [6, 6.07) is 4.11. The van der Waals surface area contributed by atoms with E-state index in [1.54, 1.807) is 0 Å². The maximum atomic E-state index is 13.4. The molecule has 2 rings (SSSR count). The molecule has 92 valence electrons. The molecule has 0 bridgehead atoms. The number of hydrogen-bond acceptors (Lipinski definition) is 3. The molecule has 18 heavy (non-hydrogen) atoms. The molecule has 0 saturated heterocycles. The second-order valence-corrected chi connectivity index (χ2v) is 3.54. The largest absolute Gasteiger partial charge is 0.396 e. The summed E-state index contributed by atoms with van der Waals surface area (Å²) < 4.78 is 26.3. The Hall–Kier alpha value is -2.50. The fourth-order valence-electron chi connectivity index (χ4n) is 1.38. The second-order valence-electron chi connectivity index (χ2n) is 3.54. The van der Waals surface area contributed by atoms with Crippen LogP contribution >= 0.6 is 0 Å². The smallest absolute Gasteiger partial charge is 0.258 e. The molecule has 0 unspecified atom stereocenters. The zero-order chi connectivity index (χ0) is 13.1. The number of benzene rings is 1. The number of carbonyl (C=O) groups excluding carboxylic acids is 1. The number of anilines is 2. The third-order valence-electron chi connectivity index (χ3n) is 2.27. The Balaban J connectivity index is 2.28. The summed E-state index contributed by atoms with van der Waals surface area (Å²) in [5.74, 6) is -2.27. The number of nitrogens with one attached hydrogen (secondary N) is 1. The summed E-state index contributed by atoms with van der Waals surface area (Å²) in [6.07, 6.45) is 2.77. The minimum Gasteiger partial charge on any atom is -0.396 e. The SMILES string of the molecule is Nc1cnccc1NC(=O)c1cc(F)ccc1F. The number of pyridine rings is 1. The summed E-state index contributed by atoms with van der Waals surface area (Å²) in [7, 11) is 0. The van der Waals surface area contributed by atoms with E-state index < -0.39 is 17.5 Å². The van der Waals surface area contributed by atoms with Gasteiger partial charge in [-0.3, -0.25) is 9.78 Å². The zero-order valence-electron chi connectivity index (χ0n) is 9.15. The average molecular weight is 249 g/mol. The number of carbonyl (C=O) groups is 1. The van der Waals surface area contributed by atoms with Gasteiger partial charge in [-0.25, -0.2) is 8.78 Å². The van der Waals surface area contributed by atoms with E-state index in [1.165, 1.54) is 18.5 Å². The van der Waals surface area contributed by atoms with Crippen molar-refractivity contribution in [1.29, 1.82) is 0 Å². The number of hydrogen-bond donors (Lipinski definition) is 2. The van der Waals surface area contributed by atoms with E-state index >= 15 is 0 Å². The number of nitrogen functional groups attached to an aromatic ring is 1. The van der Waals surface area contributed by atoms with Crippen molar-refractivity contribution < 1.29 is 13.6 Å². The van der Waals surface area contributed by atoms with Crippen molar-refractivity contribution >= 4 is 17.3 Å². The molecule has 1 amide bonds. The molecule has 4 nitrogen and oxygen atoms in total. The molecule has 0 saturated carbocycles. The summed E-state index contributed by atoms with van der Waals surface area (Å²) in [5, 5.41) is 2.38. The average Bonchev–Trinajstić information content (AvgIpc) is 2.35. The maximum absolute atomic E-state index is 13.4. The Labute approximate surface area is 101 Å². The van der Waals surface area contributed by atoms with Gasteiger partial charge in [-0.1, -0.05) is 0 Å². The number of halogens is 2. The Morgan fingerprint density at radius 2 is 2.06 bits per heavy atom. The Kier molecular flexibility index (Phi) is 3.18. The molecule has 0 atom stereocenters. The minimum absolute atomic E-state index is 0.239. The topological polar surface area (TPSA) is 68.0 Å². The van der Waals surface area contributed by atoms with Crippen molar-refractivity contribution in [3.05, 3.63) is 53.9 Å². The lowest BCUT2D eigenvalue weighted by Gasteiger charge is -2.08. The second kappa shape index (κ2) is 4.79. The molecular weight excluding hydrogens is 240 g/mol. The summed E-state index contributed by atoms with van der Waals surface area (Å²) in [6.45, 7) is 0. The number of nitrogens with two attached hydrogens (primary N) is 1. The van der Waals surface area contributed by atoms with Crippen LogP contribution < -0.4 is 11.1 Å². The van der Waals surface area contributed by atoms with Crippen LogP contribution in [0.15, 0.2) is 36.7 Å². The Bertz CT molecular complexity index is 602. The highest BCUT2D eigenvalue weighted by Crippen LogP contribution is 2.18. The molecule has 0 aliphatic rings. The van der Waals surface area contributed by atoms with E-state index in [1.807, 2.05) is 0 Å². The van der Waals surface area contributed by atoms with Crippen LogP contribution in [0.1, 0.15) is 10.4 Å². The lowest BCUT2D eigenvalue weighted by atomic mass is 10.2. The molecule has 2 aromatic rings. The molecule has 0 radical (unpaired) electrons. The van der Waals surface area contributed by atoms with Gasteiger partial charge in [0, 0.05) is 6.20 Å². The standard InChI is InChI=1S/C12H9F2N3O/c13-7-1-2-9(14)8(5-7)12(18)17-11-3-4-16-6-10(11)15/h1-6H,15H2,(H,16,17,18). The third-order valence-corrected chi connectivity index (χ3v) is 2.27. The van der Waals surface area contributed by atoms with Gasteiger partial charge in [-0.15, -0.1) is 0 Å². The van der Waals surface area contributed by atoms with Crippen LogP contribution in [0.5, 0.6) is 0 Å². The highest BCUT2D eigenvalue weighted by molar-refractivity contribution is 6.05. The van der Waals surface area contributed by atoms with E-state index in [0.717, 1.165) is 18.2 Å². The quantitative estimate of drug-likeness (QED) is 0.857. The van der Waals surface area contributed by atoms with Gasteiger partial charge in [0.15, 0.2) is 0 Å². The van der Waals surface area contributed by atoms with E-state index in [9.17, 15) is 13.6 Å². The predicted octanol–water partition coefficient (Wildman–Crippen LogP) is 2.19. The maximum Gasteiger partial charge on any atom is 0.258 e. The number of nitrogens with zero attached hydrogens (tertiary/aromatic N) is 1. The van der Waals surface area contributed by atoms with Gasteiger partial charge in [0.05, 0.1) is 23.1 Å². The lowest BCUT2D eigenvalue weighted by molar-refractivity contribution is 0.102. The molecule has 1 aromatic carbocycles. The van der Waals surface area contributed by atoms with Crippen molar-refractivity contribution in [2.45, 2.75) is 0 Å². The number of rotatable bonds is 2. The number of aromatic nitrogens is 1. The highest BCUT2D eigenvalue weighted by atomic mass is 19.1. The van der Waals surface area contributed by atoms with Crippen LogP contribution in [0.3, 0.4) is 0 Å². The first kappa shape index (κ1) is 12.0. The first-order valence-corrected chi connectivity index (χ1v) is 5.04. The molecule has 0 aliphatic carbocycles. The summed E-state index contributed by atoms with van der Waals surface area (Å²) in [4.78, 5) is 15.5. The van der Waals surface area contributed by atoms with E-state index in [2.05, 4.69) is 10.3 Å². The van der Waals surface area contributed by atoms with Gasteiger partial charge in [-0.2, -0.15) is 0 Å². The summed E-state index contributed by atoms with van der Waals surface area (Å²) >= 11 is 0. The van der Waals surface area contributed by atoms with Crippen molar-refractivity contribution in [3.8, 4) is 0 Å². The normalized spacial score (nSPS) is 10.1. The Morgan fingerprint density at radius 3 is 2.78 bits per heavy atom. The van der Waals surface area contributed by atoms with Gasteiger partial charge in [0.1, 0.15) is 11.6 Å². The molecule has 6 heteroatoms. The zero-order valence-corrected chi connectivity index (χ0v) is 9.15. The van der Waals surface area contributed by atoms with Crippen LogP contribution in [-0.4, -0.2) is 10.9 Å². The predicted molar refractivity (Wildman–Crippen MR) is 63.0 cm³/mol. The van der Waals surface area contributed by atoms with Gasteiger partial charge in [0.2, 0.25) is 0 Å². The van der Waals surface area contributed by atoms with Crippen LogP contribution in [0.2, 0.25) is 0 Å². The minimum atomic E-state index is -0.804. The van der Waals surface area contributed by atoms with Crippen molar-refractivity contribution in [2.24, 2.45) is 0 Å². The van der Waals surface area contributed by atoms with Crippen molar-refractivity contribution in [2.75, 3.05) is 11.1 Å². The van der Waals surface area contributed by atoms with E-state index in [-0.39, 0.29) is 11.3 Å². The van der Waals surface area contributed by atoms with Crippen LogP contribution in [0.4, 0.5) is 20.2 Å². The van der Waals surface area contributed by atoms with Crippen LogP contribution in [-0.2, 0) is 0 Å². The van der Waals surface area contributed by atoms with Crippen molar-refractivity contribution in [3.63, 3.8) is 0 Å². The first-order valence-electron chi connectivity index (χ1n) is 5.04. The van der Waals surface area contributed by atoms with E-state index in [4.69, 9.17) is 5.73 Å². The molecule has 3 N–H and O–H groups in total.